The maximum absolute atomic E-state index is 12.7. The third kappa shape index (κ3) is 3.75. The SMILES string of the molecule is C[C@H](C(=O)NCc1ccccc1-n1cncn1)N1CCc2ccccc2C1. The van der Waals surface area contributed by atoms with Crippen LogP contribution in [0.1, 0.15) is 23.6 Å². The number of carbonyl (C=O) groups excluding carboxylic acids is 1. The average molecular weight is 361 g/mol. The molecule has 6 heteroatoms. The van der Waals surface area contributed by atoms with Crippen molar-refractivity contribution in [3.63, 3.8) is 0 Å². The summed E-state index contributed by atoms with van der Waals surface area (Å²) in [5.41, 5.74) is 4.64. The lowest BCUT2D eigenvalue weighted by Crippen LogP contribution is -2.46. The number of amides is 1. The first kappa shape index (κ1) is 17.4. The standard InChI is InChI=1S/C21H23N5O/c1-16(25-11-10-17-6-2-3-8-19(17)13-25)21(27)23-12-18-7-4-5-9-20(18)26-15-22-14-24-26/h2-9,14-16H,10-13H2,1H3,(H,23,27)/t16-/m1/s1. The monoisotopic (exact) mass is 361 g/mol. The molecule has 2 heterocycles. The van der Waals surface area contributed by atoms with E-state index in [1.807, 2.05) is 31.2 Å². The minimum Gasteiger partial charge on any atom is -0.351 e. The van der Waals surface area contributed by atoms with Gasteiger partial charge in [0.2, 0.25) is 5.91 Å². The Bertz CT molecular complexity index is 922. The van der Waals surface area contributed by atoms with Crippen LogP contribution in [0.5, 0.6) is 0 Å². The van der Waals surface area contributed by atoms with Gasteiger partial charge in [0.15, 0.2) is 0 Å². The minimum absolute atomic E-state index is 0.0442. The Morgan fingerprint density at radius 1 is 1.15 bits per heavy atom. The second-order valence-electron chi connectivity index (χ2n) is 6.85. The van der Waals surface area contributed by atoms with E-state index in [9.17, 15) is 4.79 Å². The van der Waals surface area contributed by atoms with Crippen LogP contribution in [0.2, 0.25) is 0 Å². The quantitative estimate of drug-likeness (QED) is 0.758. The Hall–Kier alpha value is -2.99. The highest BCUT2D eigenvalue weighted by atomic mass is 16.2. The molecule has 27 heavy (non-hydrogen) atoms. The lowest BCUT2D eigenvalue weighted by Gasteiger charge is -2.32. The van der Waals surface area contributed by atoms with E-state index in [1.54, 1.807) is 11.0 Å². The van der Waals surface area contributed by atoms with Crippen LogP contribution in [-0.4, -0.2) is 38.2 Å². The number of nitrogens with one attached hydrogen (secondary N) is 1. The first-order valence-electron chi connectivity index (χ1n) is 9.24. The van der Waals surface area contributed by atoms with Gasteiger partial charge in [-0.3, -0.25) is 9.69 Å². The zero-order valence-corrected chi connectivity index (χ0v) is 15.4. The van der Waals surface area contributed by atoms with Crippen LogP contribution in [-0.2, 0) is 24.3 Å². The molecular formula is C21H23N5O. The Balaban J connectivity index is 1.40. The zero-order valence-electron chi connectivity index (χ0n) is 15.4. The van der Waals surface area contributed by atoms with E-state index in [-0.39, 0.29) is 11.9 Å². The van der Waals surface area contributed by atoms with Gasteiger partial charge in [-0.05, 0) is 36.1 Å². The molecule has 0 spiro atoms. The first-order valence-corrected chi connectivity index (χ1v) is 9.24. The summed E-state index contributed by atoms with van der Waals surface area (Å²) in [7, 11) is 0. The van der Waals surface area contributed by atoms with E-state index in [0.29, 0.717) is 6.54 Å². The van der Waals surface area contributed by atoms with E-state index in [0.717, 1.165) is 30.8 Å². The van der Waals surface area contributed by atoms with Crippen molar-refractivity contribution >= 4 is 5.91 Å². The van der Waals surface area contributed by atoms with Crippen LogP contribution < -0.4 is 5.32 Å². The summed E-state index contributed by atoms with van der Waals surface area (Å²) in [6, 6.07) is 16.2. The van der Waals surface area contributed by atoms with Crippen LogP contribution in [0.25, 0.3) is 5.69 Å². The van der Waals surface area contributed by atoms with Gasteiger partial charge in [0.25, 0.3) is 0 Å². The summed E-state index contributed by atoms with van der Waals surface area (Å²) in [6.45, 7) is 4.16. The van der Waals surface area contributed by atoms with Gasteiger partial charge < -0.3 is 5.32 Å². The molecule has 0 fully saturated rings. The van der Waals surface area contributed by atoms with Gasteiger partial charge in [0.1, 0.15) is 12.7 Å². The van der Waals surface area contributed by atoms with Crippen molar-refractivity contribution in [1.29, 1.82) is 0 Å². The number of aromatic nitrogens is 3. The largest absolute Gasteiger partial charge is 0.351 e. The molecule has 1 aliphatic rings. The second kappa shape index (κ2) is 7.72. The van der Waals surface area contributed by atoms with Crippen molar-refractivity contribution in [2.75, 3.05) is 6.54 Å². The third-order valence-corrected chi connectivity index (χ3v) is 5.20. The number of nitrogens with zero attached hydrogens (tertiary/aromatic N) is 4. The lowest BCUT2D eigenvalue weighted by atomic mass is 9.99. The second-order valence-corrected chi connectivity index (χ2v) is 6.85. The number of rotatable bonds is 5. The van der Waals surface area contributed by atoms with Crippen molar-refractivity contribution in [1.82, 2.24) is 25.0 Å². The number of fused-ring (bicyclic) bond motifs is 1. The van der Waals surface area contributed by atoms with Crippen LogP contribution in [0.3, 0.4) is 0 Å². The fourth-order valence-electron chi connectivity index (χ4n) is 3.56. The van der Waals surface area contributed by atoms with Gasteiger partial charge in [-0.15, -0.1) is 0 Å². The van der Waals surface area contributed by atoms with Gasteiger partial charge in [-0.1, -0.05) is 42.5 Å². The molecule has 0 radical (unpaired) electrons. The predicted octanol–water partition coefficient (Wildman–Crippen LogP) is 2.33. The molecule has 1 aromatic heterocycles. The number of hydrogen-bond acceptors (Lipinski definition) is 4. The average Bonchev–Trinajstić information content (AvgIpc) is 3.26. The smallest absolute Gasteiger partial charge is 0.237 e. The summed E-state index contributed by atoms with van der Waals surface area (Å²) in [6.07, 6.45) is 4.16. The normalized spacial score (nSPS) is 15.1. The molecule has 1 aliphatic heterocycles. The topological polar surface area (TPSA) is 63.1 Å². The summed E-state index contributed by atoms with van der Waals surface area (Å²) < 4.78 is 1.71. The molecule has 3 aromatic rings. The predicted molar refractivity (Wildman–Crippen MR) is 103 cm³/mol. The van der Waals surface area contributed by atoms with Crippen LogP contribution in [0.4, 0.5) is 0 Å². The van der Waals surface area contributed by atoms with Gasteiger partial charge in [0, 0.05) is 19.6 Å². The van der Waals surface area contributed by atoms with Gasteiger partial charge in [-0.2, -0.15) is 5.10 Å². The molecular weight excluding hydrogens is 338 g/mol. The molecule has 0 saturated carbocycles. The molecule has 1 atom stereocenters. The highest BCUT2D eigenvalue weighted by molar-refractivity contribution is 5.81. The molecule has 0 aliphatic carbocycles. The van der Waals surface area contributed by atoms with Crippen LogP contribution in [0, 0.1) is 0 Å². The van der Waals surface area contributed by atoms with E-state index >= 15 is 0 Å². The van der Waals surface area contributed by atoms with Gasteiger partial charge in [0.05, 0.1) is 11.7 Å². The summed E-state index contributed by atoms with van der Waals surface area (Å²) in [4.78, 5) is 19.0. The highest BCUT2D eigenvalue weighted by Gasteiger charge is 2.25. The first-order chi connectivity index (χ1) is 13.2. The van der Waals surface area contributed by atoms with Crippen molar-refractivity contribution < 1.29 is 4.79 Å². The van der Waals surface area contributed by atoms with E-state index in [4.69, 9.17) is 0 Å². The Labute approximate surface area is 158 Å². The molecule has 0 saturated heterocycles. The van der Waals surface area contributed by atoms with Gasteiger partial charge in [-0.25, -0.2) is 9.67 Å². The van der Waals surface area contributed by atoms with Crippen LogP contribution >= 0.6 is 0 Å². The molecule has 6 nitrogen and oxygen atoms in total. The molecule has 0 unspecified atom stereocenters. The lowest BCUT2D eigenvalue weighted by molar-refractivity contribution is -0.126. The molecule has 2 aromatic carbocycles. The van der Waals surface area contributed by atoms with Crippen molar-refractivity contribution in [3.05, 3.63) is 77.9 Å². The Kier molecular flexibility index (Phi) is 4.98. The highest BCUT2D eigenvalue weighted by Crippen LogP contribution is 2.20. The van der Waals surface area contributed by atoms with Gasteiger partial charge >= 0.3 is 0 Å². The minimum atomic E-state index is -0.170. The summed E-state index contributed by atoms with van der Waals surface area (Å²) in [5.74, 6) is 0.0442. The van der Waals surface area contributed by atoms with Crippen LogP contribution in [0.15, 0.2) is 61.2 Å². The maximum atomic E-state index is 12.7. The number of benzene rings is 2. The van der Waals surface area contributed by atoms with E-state index in [1.165, 1.54) is 17.5 Å². The molecule has 1 N–H and O–H groups in total. The summed E-state index contributed by atoms with van der Waals surface area (Å²) in [5, 5.41) is 7.27. The van der Waals surface area contributed by atoms with Crippen molar-refractivity contribution in [2.24, 2.45) is 0 Å². The fourth-order valence-corrected chi connectivity index (χ4v) is 3.56. The van der Waals surface area contributed by atoms with Crippen molar-refractivity contribution in [3.8, 4) is 5.69 Å². The van der Waals surface area contributed by atoms with Crippen molar-refractivity contribution in [2.45, 2.75) is 32.5 Å². The summed E-state index contributed by atoms with van der Waals surface area (Å²) >= 11 is 0. The number of hydrogen-bond donors (Lipinski definition) is 1. The molecule has 0 bridgehead atoms. The molecule has 4 rings (SSSR count). The Morgan fingerprint density at radius 3 is 2.74 bits per heavy atom. The number of carbonyl (C=O) groups is 1. The van der Waals surface area contributed by atoms with E-state index in [2.05, 4.69) is 44.6 Å². The maximum Gasteiger partial charge on any atom is 0.237 e. The van der Waals surface area contributed by atoms with E-state index < -0.39 is 0 Å². The third-order valence-electron chi connectivity index (χ3n) is 5.20. The Morgan fingerprint density at radius 2 is 1.93 bits per heavy atom. The number of para-hydroxylation sites is 1. The fraction of sp³-hybridized carbons (Fsp3) is 0.286. The zero-order chi connectivity index (χ0) is 18.6. The molecule has 1 amide bonds. The molecule has 138 valence electrons.